The fourth-order valence-corrected chi connectivity index (χ4v) is 7.22. The van der Waals surface area contributed by atoms with Crippen LogP contribution in [-0.4, -0.2) is 77.2 Å². The minimum absolute atomic E-state index is 0.473. The molecule has 35 heavy (non-hydrogen) atoms. The Morgan fingerprint density at radius 2 is 1.46 bits per heavy atom. The van der Waals surface area contributed by atoms with Gasteiger partial charge in [-0.15, -0.1) is 0 Å². The quantitative estimate of drug-likeness (QED) is 0.513. The van der Waals surface area contributed by atoms with Gasteiger partial charge in [-0.05, 0) is 83.5 Å². The molecule has 196 valence electrons. The van der Waals surface area contributed by atoms with Crippen LogP contribution in [-0.2, 0) is 0 Å². The first-order chi connectivity index (χ1) is 17.4. The van der Waals surface area contributed by atoms with Crippen molar-refractivity contribution >= 4 is 11.8 Å². The van der Waals surface area contributed by atoms with Gasteiger partial charge in [0.15, 0.2) is 0 Å². The Kier molecular flexibility index (Phi) is 9.55. The summed E-state index contributed by atoms with van der Waals surface area (Å²) in [5.74, 6) is 1.96. The molecular formula is C29H50N6. The molecule has 3 aliphatic heterocycles. The Labute approximate surface area is 214 Å². The van der Waals surface area contributed by atoms with Crippen molar-refractivity contribution in [3.8, 4) is 0 Å². The number of likely N-dealkylation sites (tertiary alicyclic amines) is 2. The fourth-order valence-electron chi connectivity index (χ4n) is 7.22. The molecule has 0 bridgehead atoms. The van der Waals surface area contributed by atoms with Gasteiger partial charge in [0.25, 0.3) is 0 Å². The fraction of sp³-hybridized carbons (Fsp3) is 0.862. The van der Waals surface area contributed by atoms with Crippen molar-refractivity contribution < 1.29 is 0 Å². The largest absolute Gasteiger partial charge is 0.356 e. The lowest BCUT2D eigenvalue weighted by Crippen LogP contribution is -2.45. The van der Waals surface area contributed by atoms with E-state index in [1.165, 1.54) is 129 Å². The number of anilines is 2. The van der Waals surface area contributed by atoms with E-state index in [0.717, 1.165) is 30.9 Å². The molecule has 2 unspecified atom stereocenters. The molecule has 1 aliphatic carbocycles. The van der Waals surface area contributed by atoms with Crippen LogP contribution in [0, 0.1) is 0 Å². The Hall–Kier alpha value is -1.40. The highest BCUT2D eigenvalue weighted by molar-refractivity contribution is 5.43. The molecule has 4 aliphatic rings. The summed E-state index contributed by atoms with van der Waals surface area (Å²) in [5.41, 5.74) is 0. The molecule has 2 atom stereocenters. The molecule has 0 radical (unpaired) electrons. The second-order valence-corrected chi connectivity index (χ2v) is 11.7. The maximum Gasteiger partial charge on any atom is 0.224 e. The monoisotopic (exact) mass is 482 g/mol. The van der Waals surface area contributed by atoms with Gasteiger partial charge in [0.2, 0.25) is 5.95 Å². The van der Waals surface area contributed by atoms with E-state index in [4.69, 9.17) is 4.98 Å². The SMILES string of the molecule is c1cc(N2CCCCCC2)nc(NC2CCN(C3CCCCC3)C2CCCN2CCCCCC2)n1. The van der Waals surface area contributed by atoms with Crippen LogP contribution < -0.4 is 10.2 Å². The first-order valence-corrected chi connectivity index (χ1v) is 15.2. The molecular weight excluding hydrogens is 432 g/mol. The Balaban J connectivity index is 1.23. The summed E-state index contributed by atoms with van der Waals surface area (Å²) in [5, 5.41) is 3.85. The van der Waals surface area contributed by atoms with Crippen molar-refractivity contribution in [1.82, 2.24) is 19.8 Å². The summed E-state index contributed by atoms with van der Waals surface area (Å²) < 4.78 is 0. The third kappa shape index (κ3) is 7.09. The van der Waals surface area contributed by atoms with Crippen molar-refractivity contribution in [2.45, 2.75) is 121 Å². The van der Waals surface area contributed by atoms with Gasteiger partial charge in [-0.2, -0.15) is 4.98 Å². The molecule has 6 nitrogen and oxygen atoms in total. The average Bonchev–Trinajstić information content (AvgIpc) is 3.11. The molecule has 0 amide bonds. The standard InChI is InChI=1S/C29H50N6/c1-2-9-20-33(19-8-1)21-12-15-27-26(17-24-35(27)25-13-6-5-7-14-25)31-29-30-18-16-28(32-29)34-22-10-3-4-11-23-34/h16,18,25-27H,1-15,17,19-24H2,(H,30,31,32). The molecule has 1 N–H and O–H groups in total. The molecule has 6 heteroatoms. The van der Waals surface area contributed by atoms with Crippen LogP contribution in [0.4, 0.5) is 11.8 Å². The topological polar surface area (TPSA) is 47.5 Å². The normalized spacial score (nSPS) is 28.1. The van der Waals surface area contributed by atoms with E-state index in [9.17, 15) is 0 Å². The van der Waals surface area contributed by atoms with Gasteiger partial charge in [-0.25, -0.2) is 4.98 Å². The van der Waals surface area contributed by atoms with Gasteiger partial charge < -0.3 is 15.1 Å². The molecule has 3 saturated heterocycles. The lowest BCUT2D eigenvalue weighted by molar-refractivity contribution is 0.129. The number of nitrogens with one attached hydrogen (secondary N) is 1. The molecule has 4 fully saturated rings. The van der Waals surface area contributed by atoms with Crippen LogP contribution >= 0.6 is 0 Å². The van der Waals surface area contributed by atoms with Crippen molar-refractivity contribution in [2.75, 3.05) is 49.5 Å². The van der Waals surface area contributed by atoms with E-state index in [1.54, 1.807) is 0 Å². The summed E-state index contributed by atoms with van der Waals surface area (Å²) in [6.45, 7) is 7.42. The first-order valence-electron chi connectivity index (χ1n) is 15.2. The average molecular weight is 483 g/mol. The van der Waals surface area contributed by atoms with Crippen LogP contribution in [0.1, 0.15) is 103 Å². The van der Waals surface area contributed by atoms with Crippen molar-refractivity contribution in [2.24, 2.45) is 0 Å². The van der Waals surface area contributed by atoms with Crippen LogP contribution in [0.5, 0.6) is 0 Å². The van der Waals surface area contributed by atoms with E-state index >= 15 is 0 Å². The zero-order chi connectivity index (χ0) is 23.7. The summed E-state index contributed by atoms with van der Waals surface area (Å²) in [7, 11) is 0. The second-order valence-electron chi connectivity index (χ2n) is 11.7. The maximum atomic E-state index is 5.01. The Morgan fingerprint density at radius 1 is 0.771 bits per heavy atom. The minimum Gasteiger partial charge on any atom is -0.356 e. The summed E-state index contributed by atoms with van der Waals surface area (Å²) in [6.07, 6.45) is 23.8. The number of rotatable bonds is 8. The van der Waals surface area contributed by atoms with Crippen LogP contribution in [0.3, 0.4) is 0 Å². The van der Waals surface area contributed by atoms with Crippen molar-refractivity contribution in [3.05, 3.63) is 12.3 Å². The molecule has 1 saturated carbocycles. The maximum absolute atomic E-state index is 5.01. The van der Waals surface area contributed by atoms with E-state index in [-0.39, 0.29) is 0 Å². The van der Waals surface area contributed by atoms with Crippen molar-refractivity contribution in [1.29, 1.82) is 0 Å². The third-order valence-electron chi connectivity index (χ3n) is 9.19. The molecule has 0 spiro atoms. The predicted octanol–water partition coefficient (Wildman–Crippen LogP) is 5.70. The number of aromatic nitrogens is 2. The van der Waals surface area contributed by atoms with E-state index < -0.39 is 0 Å². The molecule has 1 aromatic rings. The van der Waals surface area contributed by atoms with Crippen LogP contribution in [0.25, 0.3) is 0 Å². The summed E-state index contributed by atoms with van der Waals surface area (Å²) >= 11 is 0. The lowest BCUT2D eigenvalue weighted by Gasteiger charge is -2.37. The van der Waals surface area contributed by atoms with E-state index in [1.807, 2.05) is 6.20 Å². The van der Waals surface area contributed by atoms with Crippen molar-refractivity contribution in [3.63, 3.8) is 0 Å². The number of hydrogen-bond donors (Lipinski definition) is 1. The molecule has 0 aromatic carbocycles. The van der Waals surface area contributed by atoms with Gasteiger partial charge in [0, 0.05) is 44.0 Å². The van der Waals surface area contributed by atoms with Gasteiger partial charge in [-0.3, -0.25) is 4.90 Å². The first kappa shape index (κ1) is 25.3. The van der Waals surface area contributed by atoms with E-state index in [2.05, 4.69) is 31.1 Å². The van der Waals surface area contributed by atoms with Gasteiger partial charge in [0.1, 0.15) is 5.82 Å². The van der Waals surface area contributed by atoms with Gasteiger partial charge in [0.05, 0.1) is 0 Å². The van der Waals surface area contributed by atoms with Crippen LogP contribution in [0.2, 0.25) is 0 Å². The second kappa shape index (κ2) is 13.2. The highest BCUT2D eigenvalue weighted by atomic mass is 15.3. The number of nitrogens with zero attached hydrogens (tertiary/aromatic N) is 5. The summed E-state index contributed by atoms with van der Waals surface area (Å²) in [6, 6.07) is 4.00. The Morgan fingerprint density at radius 3 is 2.20 bits per heavy atom. The zero-order valence-corrected chi connectivity index (χ0v) is 22.2. The lowest BCUT2D eigenvalue weighted by atomic mass is 9.92. The van der Waals surface area contributed by atoms with Gasteiger partial charge in [-0.1, -0.05) is 44.9 Å². The third-order valence-corrected chi connectivity index (χ3v) is 9.19. The summed E-state index contributed by atoms with van der Waals surface area (Å²) in [4.78, 5) is 17.8. The molecule has 4 heterocycles. The highest BCUT2D eigenvalue weighted by Gasteiger charge is 2.38. The molecule has 5 rings (SSSR count). The van der Waals surface area contributed by atoms with Gasteiger partial charge >= 0.3 is 0 Å². The van der Waals surface area contributed by atoms with Crippen LogP contribution in [0.15, 0.2) is 12.3 Å². The number of hydrogen-bond acceptors (Lipinski definition) is 6. The highest BCUT2D eigenvalue weighted by Crippen LogP contribution is 2.33. The smallest absolute Gasteiger partial charge is 0.224 e. The predicted molar refractivity (Wildman–Crippen MR) is 146 cm³/mol. The minimum atomic E-state index is 0.473. The Bertz CT molecular complexity index is 734. The molecule has 1 aromatic heterocycles. The zero-order valence-electron chi connectivity index (χ0n) is 22.2. The van der Waals surface area contributed by atoms with E-state index in [0.29, 0.717) is 12.1 Å².